The van der Waals surface area contributed by atoms with Gasteiger partial charge in [-0.3, -0.25) is 4.79 Å². The highest BCUT2D eigenvalue weighted by Gasteiger charge is 2.20. The second kappa shape index (κ2) is 6.57. The van der Waals surface area contributed by atoms with Crippen molar-refractivity contribution in [3.8, 4) is 5.75 Å². The molecular weight excluding hydrogens is 242 g/mol. The molecule has 4 nitrogen and oxygen atoms in total. The molecular formula is C15H23NO3. The van der Waals surface area contributed by atoms with Gasteiger partial charge in [0, 0.05) is 11.6 Å². The molecule has 0 aromatic heterocycles. The van der Waals surface area contributed by atoms with Gasteiger partial charge in [-0.15, -0.1) is 0 Å². The topological polar surface area (TPSA) is 72.5 Å². The number of hydrogen-bond acceptors (Lipinski definition) is 3. The molecule has 1 rings (SSSR count). The van der Waals surface area contributed by atoms with Gasteiger partial charge in [0.05, 0.1) is 13.0 Å². The van der Waals surface area contributed by atoms with Gasteiger partial charge in [0.15, 0.2) is 0 Å². The van der Waals surface area contributed by atoms with E-state index < -0.39 is 11.9 Å². The van der Waals surface area contributed by atoms with Crippen molar-refractivity contribution in [2.75, 3.05) is 7.11 Å². The van der Waals surface area contributed by atoms with E-state index in [1.807, 2.05) is 18.2 Å². The Morgan fingerprint density at radius 3 is 2.47 bits per heavy atom. The summed E-state index contributed by atoms with van der Waals surface area (Å²) in [7, 11) is 1.60. The van der Waals surface area contributed by atoms with Crippen LogP contribution in [0, 0.1) is 5.92 Å². The van der Waals surface area contributed by atoms with E-state index in [-0.39, 0.29) is 6.04 Å². The Morgan fingerprint density at radius 2 is 2.00 bits per heavy atom. The fourth-order valence-electron chi connectivity index (χ4n) is 2.01. The summed E-state index contributed by atoms with van der Waals surface area (Å²) in [6.07, 6.45) is 0.396. The maximum atomic E-state index is 10.9. The third-order valence-electron chi connectivity index (χ3n) is 3.35. The highest BCUT2D eigenvalue weighted by Crippen LogP contribution is 2.31. The molecule has 0 amide bonds. The predicted octanol–water partition coefficient (Wildman–Crippen LogP) is 2.93. The highest BCUT2D eigenvalue weighted by molar-refractivity contribution is 5.69. The van der Waals surface area contributed by atoms with Crippen molar-refractivity contribution < 1.29 is 14.6 Å². The molecule has 3 N–H and O–H groups in total. The van der Waals surface area contributed by atoms with Gasteiger partial charge in [-0.05, 0) is 24.0 Å². The molecule has 0 aliphatic heterocycles. The molecule has 4 heteroatoms. The van der Waals surface area contributed by atoms with Crippen molar-refractivity contribution in [3.05, 3.63) is 29.3 Å². The summed E-state index contributed by atoms with van der Waals surface area (Å²) in [5, 5.41) is 8.96. The number of methoxy groups -OCH3 is 1. The summed E-state index contributed by atoms with van der Waals surface area (Å²) in [5.74, 6) is -0.180. The first-order chi connectivity index (χ1) is 8.86. The van der Waals surface area contributed by atoms with Crippen molar-refractivity contribution in [1.82, 2.24) is 0 Å². The zero-order chi connectivity index (χ0) is 14.6. The van der Waals surface area contributed by atoms with Crippen LogP contribution in [0.1, 0.15) is 50.3 Å². The molecule has 19 heavy (non-hydrogen) atoms. The van der Waals surface area contributed by atoms with E-state index in [0.717, 1.165) is 11.3 Å². The number of benzene rings is 1. The van der Waals surface area contributed by atoms with Crippen LogP contribution in [-0.2, 0) is 4.79 Å². The number of carboxylic acid groups (broad SMARTS) is 1. The van der Waals surface area contributed by atoms with Crippen molar-refractivity contribution >= 4 is 5.97 Å². The Morgan fingerprint density at radius 1 is 1.37 bits per heavy atom. The van der Waals surface area contributed by atoms with Crippen molar-refractivity contribution in [3.63, 3.8) is 0 Å². The third-order valence-corrected chi connectivity index (χ3v) is 3.35. The van der Waals surface area contributed by atoms with Crippen LogP contribution in [0.3, 0.4) is 0 Å². The van der Waals surface area contributed by atoms with Gasteiger partial charge in [0.2, 0.25) is 0 Å². The summed E-state index contributed by atoms with van der Waals surface area (Å²) in [6, 6.07) is 5.60. The molecule has 0 spiro atoms. The lowest BCUT2D eigenvalue weighted by Crippen LogP contribution is -2.20. The predicted molar refractivity (Wildman–Crippen MR) is 75.4 cm³/mol. The smallest absolute Gasteiger partial charge is 0.306 e. The maximum Gasteiger partial charge on any atom is 0.306 e. The Labute approximate surface area is 114 Å². The summed E-state index contributed by atoms with van der Waals surface area (Å²) >= 11 is 0. The summed E-state index contributed by atoms with van der Waals surface area (Å²) in [6.45, 7) is 5.88. The van der Waals surface area contributed by atoms with Gasteiger partial charge >= 0.3 is 5.97 Å². The van der Waals surface area contributed by atoms with Gasteiger partial charge < -0.3 is 15.6 Å². The van der Waals surface area contributed by atoms with Crippen LogP contribution in [0.15, 0.2) is 18.2 Å². The molecule has 2 atom stereocenters. The minimum absolute atomic E-state index is 0.334. The largest absolute Gasteiger partial charge is 0.496 e. The van der Waals surface area contributed by atoms with Crippen LogP contribution in [-0.4, -0.2) is 18.2 Å². The number of carbonyl (C=O) groups is 1. The van der Waals surface area contributed by atoms with Gasteiger partial charge in [0.1, 0.15) is 5.75 Å². The summed E-state index contributed by atoms with van der Waals surface area (Å²) in [5.41, 5.74) is 8.19. The van der Waals surface area contributed by atoms with Crippen LogP contribution in [0.4, 0.5) is 0 Å². The van der Waals surface area contributed by atoms with Crippen molar-refractivity contribution in [2.45, 2.75) is 39.2 Å². The first kappa shape index (κ1) is 15.5. The molecule has 0 heterocycles. The monoisotopic (exact) mass is 265 g/mol. The number of hydrogen-bond donors (Lipinski definition) is 2. The molecule has 0 saturated carbocycles. The molecule has 1 aromatic rings. The van der Waals surface area contributed by atoms with Crippen LogP contribution in [0.25, 0.3) is 0 Å². The molecule has 2 unspecified atom stereocenters. The second-order valence-electron chi connectivity index (χ2n) is 5.24. The zero-order valence-electron chi connectivity index (χ0n) is 12.0. The van der Waals surface area contributed by atoms with Gasteiger partial charge in [-0.1, -0.05) is 32.9 Å². The second-order valence-corrected chi connectivity index (χ2v) is 5.24. The van der Waals surface area contributed by atoms with E-state index >= 15 is 0 Å². The van der Waals surface area contributed by atoms with E-state index in [1.54, 1.807) is 14.0 Å². The average molecular weight is 265 g/mol. The van der Waals surface area contributed by atoms with Crippen molar-refractivity contribution in [1.29, 1.82) is 0 Å². The molecule has 0 fully saturated rings. The standard InChI is InChI=1S/C15H23NO3/c1-9(2)11-5-6-14(19-4)12(8-11)13(16)7-10(3)15(17)18/h5-6,8-10,13H,7,16H2,1-4H3,(H,17,18). The number of carboxylic acids is 1. The molecule has 0 aliphatic rings. The maximum absolute atomic E-state index is 10.9. The minimum atomic E-state index is -0.825. The lowest BCUT2D eigenvalue weighted by Gasteiger charge is -2.19. The molecule has 1 aromatic carbocycles. The van der Waals surface area contributed by atoms with E-state index in [4.69, 9.17) is 15.6 Å². The first-order valence-corrected chi connectivity index (χ1v) is 6.53. The Balaban J connectivity index is 3.02. The number of aliphatic carboxylic acids is 1. The lowest BCUT2D eigenvalue weighted by molar-refractivity contribution is -0.141. The van der Waals surface area contributed by atoms with E-state index in [2.05, 4.69) is 13.8 Å². The zero-order valence-corrected chi connectivity index (χ0v) is 12.0. The quantitative estimate of drug-likeness (QED) is 0.829. The SMILES string of the molecule is COc1ccc(C(C)C)cc1C(N)CC(C)C(=O)O. The number of rotatable bonds is 6. The minimum Gasteiger partial charge on any atom is -0.496 e. The van der Waals surface area contributed by atoms with E-state index in [0.29, 0.717) is 12.3 Å². The van der Waals surface area contributed by atoms with Crippen LogP contribution in [0.2, 0.25) is 0 Å². The Bertz CT molecular complexity index is 443. The van der Waals surface area contributed by atoms with Gasteiger partial charge in [0.25, 0.3) is 0 Å². The molecule has 0 saturated heterocycles. The van der Waals surface area contributed by atoms with E-state index in [9.17, 15) is 4.79 Å². The van der Waals surface area contributed by atoms with E-state index in [1.165, 1.54) is 5.56 Å². The van der Waals surface area contributed by atoms with Crippen LogP contribution >= 0.6 is 0 Å². The average Bonchev–Trinajstić information content (AvgIpc) is 2.37. The summed E-state index contributed by atoms with van der Waals surface area (Å²) in [4.78, 5) is 10.9. The highest BCUT2D eigenvalue weighted by atomic mass is 16.5. The van der Waals surface area contributed by atoms with Crippen molar-refractivity contribution in [2.24, 2.45) is 11.7 Å². The first-order valence-electron chi connectivity index (χ1n) is 6.53. The summed E-state index contributed by atoms with van der Waals surface area (Å²) < 4.78 is 5.32. The molecule has 0 aliphatic carbocycles. The fourth-order valence-corrected chi connectivity index (χ4v) is 2.01. The number of nitrogens with two attached hydrogens (primary N) is 1. The lowest BCUT2D eigenvalue weighted by atomic mass is 9.92. The normalized spacial score (nSPS) is 14.2. The fraction of sp³-hybridized carbons (Fsp3) is 0.533. The van der Waals surface area contributed by atoms with Gasteiger partial charge in [-0.25, -0.2) is 0 Å². The molecule has 106 valence electrons. The Hall–Kier alpha value is -1.55. The Kier molecular flexibility index (Phi) is 5.36. The van der Waals surface area contributed by atoms with Crippen LogP contribution in [0.5, 0.6) is 5.75 Å². The molecule has 0 bridgehead atoms. The third kappa shape index (κ3) is 3.96. The number of ether oxygens (including phenoxy) is 1. The van der Waals surface area contributed by atoms with Crippen LogP contribution < -0.4 is 10.5 Å². The molecule has 0 radical (unpaired) electrons. The van der Waals surface area contributed by atoms with Gasteiger partial charge in [-0.2, -0.15) is 0 Å².